The summed E-state index contributed by atoms with van der Waals surface area (Å²) in [6.07, 6.45) is 0. The van der Waals surface area contributed by atoms with E-state index in [1.165, 1.54) is 36.6 Å². The number of aromatic nitrogens is 1. The number of methoxy groups -OCH3 is 1. The molecule has 1 aromatic heterocycles. The van der Waals surface area contributed by atoms with Gasteiger partial charge in [-0.15, -0.1) is 0 Å². The van der Waals surface area contributed by atoms with E-state index < -0.39 is 5.91 Å². The first-order valence-electron chi connectivity index (χ1n) is 8.32. The van der Waals surface area contributed by atoms with E-state index in [2.05, 4.69) is 4.99 Å². The molecule has 1 heterocycles. The van der Waals surface area contributed by atoms with Crippen molar-refractivity contribution in [2.75, 3.05) is 20.3 Å². The predicted molar refractivity (Wildman–Crippen MR) is 104 cm³/mol. The first-order chi connectivity index (χ1) is 13.0. The maximum Gasteiger partial charge on any atom is 0.283 e. The zero-order valence-electron chi connectivity index (χ0n) is 14.9. The van der Waals surface area contributed by atoms with Gasteiger partial charge in [-0.05, 0) is 43.3 Å². The zero-order valence-corrected chi connectivity index (χ0v) is 16.4. The number of hydrogen-bond donors (Lipinski definition) is 0. The Balaban J connectivity index is 2.10. The highest BCUT2D eigenvalue weighted by atomic mass is 35.5. The van der Waals surface area contributed by atoms with Crippen LogP contribution in [0.3, 0.4) is 0 Å². The van der Waals surface area contributed by atoms with Crippen LogP contribution >= 0.6 is 22.9 Å². The van der Waals surface area contributed by atoms with Gasteiger partial charge in [-0.25, -0.2) is 4.39 Å². The Kier molecular flexibility index (Phi) is 6.26. The highest BCUT2D eigenvalue weighted by Gasteiger charge is 2.14. The molecule has 2 aromatic carbocycles. The Morgan fingerprint density at radius 2 is 2.11 bits per heavy atom. The Labute approximate surface area is 164 Å². The predicted octanol–water partition coefficient (Wildman–Crippen LogP) is 4.28. The van der Waals surface area contributed by atoms with Crippen LogP contribution in [0.1, 0.15) is 17.3 Å². The van der Waals surface area contributed by atoms with Crippen LogP contribution in [0.25, 0.3) is 10.2 Å². The monoisotopic (exact) mass is 408 g/mol. The fraction of sp³-hybridized carbons (Fsp3) is 0.263. The molecule has 0 unspecified atom stereocenters. The third kappa shape index (κ3) is 4.37. The number of fused-ring (bicyclic) bond motifs is 1. The number of benzene rings is 2. The summed E-state index contributed by atoms with van der Waals surface area (Å²) in [7, 11) is 1.48. The lowest BCUT2D eigenvalue weighted by molar-refractivity contribution is 0.0993. The average Bonchev–Trinajstić information content (AvgIpc) is 2.98. The van der Waals surface area contributed by atoms with Crippen molar-refractivity contribution in [1.29, 1.82) is 0 Å². The van der Waals surface area contributed by atoms with E-state index in [0.29, 0.717) is 40.0 Å². The molecule has 0 bridgehead atoms. The number of halogens is 2. The van der Waals surface area contributed by atoms with Crippen LogP contribution in [0.15, 0.2) is 41.4 Å². The quantitative estimate of drug-likeness (QED) is 0.572. The molecule has 0 atom stereocenters. The van der Waals surface area contributed by atoms with Gasteiger partial charge < -0.3 is 14.0 Å². The topological polar surface area (TPSA) is 52.8 Å². The molecular weight excluding hydrogens is 391 g/mol. The molecule has 5 nitrogen and oxygen atoms in total. The lowest BCUT2D eigenvalue weighted by atomic mass is 10.2. The minimum atomic E-state index is -0.480. The van der Waals surface area contributed by atoms with E-state index >= 15 is 0 Å². The Morgan fingerprint density at radius 3 is 2.85 bits per heavy atom. The van der Waals surface area contributed by atoms with Crippen molar-refractivity contribution in [3.8, 4) is 5.75 Å². The third-order valence-electron chi connectivity index (χ3n) is 3.90. The number of ether oxygens (including phenoxy) is 2. The number of thiazole rings is 1. The Morgan fingerprint density at radius 1 is 1.30 bits per heavy atom. The van der Waals surface area contributed by atoms with Gasteiger partial charge in [0.15, 0.2) is 4.80 Å². The van der Waals surface area contributed by atoms with Crippen molar-refractivity contribution in [3.63, 3.8) is 0 Å². The summed E-state index contributed by atoms with van der Waals surface area (Å²) in [5.41, 5.74) is 1.07. The zero-order chi connectivity index (χ0) is 19.4. The minimum Gasteiger partial charge on any atom is -0.496 e. The molecule has 27 heavy (non-hydrogen) atoms. The smallest absolute Gasteiger partial charge is 0.283 e. The maximum absolute atomic E-state index is 13.6. The summed E-state index contributed by atoms with van der Waals surface area (Å²) in [6.45, 7) is 3.45. The van der Waals surface area contributed by atoms with Crippen molar-refractivity contribution >= 4 is 39.1 Å². The second kappa shape index (κ2) is 8.65. The number of carbonyl (C=O) groups excluding carboxylic acids is 1. The normalized spacial score (nSPS) is 11.9. The molecule has 3 aromatic rings. The molecule has 8 heteroatoms. The number of carbonyl (C=O) groups is 1. The number of rotatable bonds is 6. The van der Waals surface area contributed by atoms with E-state index in [0.717, 1.165) is 5.52 Å². The summed E-state index contributed by atoms with van der Waals surface area (Å²) >= 11 is 7.25. The average molecular weight is 409 g/mol. The van der Waals surface area contributed by atoms with Crippen molar-refractivity contribution in [2.45, 2.75) is 13.5 Å². The molecular formula is C19H18ClFN2O3S. The van der Waals surface area contributed by atoms with Crippen LogP contribution in [0.5, 0.6) is 5.75 Å². The lowest BCUT2D eigenvalue weighted by Gasteiger charge is -2.07. The van der Waals surface area contributed by atoms with Crippen LogP contribution in [-0.4, -0.2) is 30.8 Å². The summed E-state index contributed by atoms with van der Waals surface area (Å²) in [5.74, 6) is -0.428. The molecule has 0 radical (unpaired) electrons. The number of hydrogen-bond acceptors (Lipinski definition) is 4. The van der Waals surface area contributed by atoms with E-state index in [9.17, 15) is 9.18 Å². The van der Waals surface area contributed by atoms with Gasteiger partial charge in [-0.3, -0.25) is 4.79 Å². The van der Waals surface area contributed by atoms with Gasteiger partial charge in [-0.1, -0.05) is 22.9 Å². The van der Waals surface area contributed by atoms with Gasteiger partial charge in [0.05, 0.1) is 29.5 Å². The Bertz CT molecular complexity index is 1050. The van der Waals surface area contributed by atoms with Crippen molar-refractivity contribution in [1.82, 2.24) is 4.57 Å². The van der Waals surface area contributed by atoms with E-state index in [4.69, 9.17) is 21.1 Å². The third-order valence-corrected chi connectivity index (χ3v) is 5.17. The lowest BCUT2D eigenvalue weighted by Crippen LogP contribution is -2.20. The molecule has 0 aliphatic carbocycles. The van der Waals surface area contributed by atoms with E-state index in [1.54, 1.807) is 18.2 Å². The molecule has 142 valence electrons. The summed E-state index contributed by atoms with van der Waals surface area (Å²) in [6, 6.07) is 9.27. The SMILES string of the molecule is CCOCCn1c(=NC(=O)c2cc(Cl)ccc2OC)sc2cc(F)ccc21. The van der Waals surface area contributed by atoms with Crippen LogP contribution in [-0.2, 0) is 11.3 Å². The van der Waals surface area contributed by atoms with Crippen LogP contribution in [0.2, 0.25) is 5.02 Å². The molecule has 0 N–H and O–H groups in total. The molecule has 0 fully saturated rings. The minimum absolute atomic E-state index is 0.269. The largest absolute Gasteiger partial charge is 0.496 e. The van der Waals surface area contributed by atoms with Gasteiger partial charge in [0.2, 0.25) is 0 Å². The van der Waals surface area contributed by atoms with Crippen LogP contribution in [0.4, 0.5) is 4.39 Å². The maximum atomic E-state index is 13.6. The van der Waals surface area contributed by atoms with Gasteiger partial charge in [-0.2, -0.15) is 4.99 Å². The van der Waals surface area contributed by atoms with Crippen molar-refractivity contribution < 1.29 is 18.7 Å². The fourth-order valence-electron chi connectivity index (χ4n) is 2.64. The van der Waals surface area contributed by atoms with E-state index in [1.807, 2.05) is 11.5 Å². The second-order valence-electron chi connectivity index (χ2n) is 5.61. The van der Waals surface area contributed by atoms with E-state index in [-0.39, 0.29) is 11.4 Å². The fourth-order valence-corrected chi connectivity index (χ4v) is 3.89. The standard InChI is InChI=1S/C19H18ClFN2O3S/c1-3-26-9-8-23-15-6-5-13(21)11-17(15)27-19(23)22-18(24)14-10-12(20)4-7-16(14)25-2/h4-7,10-11H,3,8-9H2,1-2H3. The van der Waals surface area contributed by atoms with Gasteiger partial charge in [0.1, 0.15) is 11.6 Å². The molecule has 0 aliphatic rings. The first-order valence-corrected chi connectivity index (χ1v) is 9.52. The molecule has 0 aliphatic heterocycles. The summed E-state index contributed by atoms with van der Waals surface area (Å²) < 4.78 is 26.8. The van der Waals surface area contributed by atoms with Crippen LogP contribution < -0.4 is 9.54 Å². The molecule has 3 rings (SSSR count). The van der Waals surface area contributed by atoms with Gasteiger partial charge in [0.25, 0.3) is 5.91 Å². The second-order valence-corrected chi connectivity index (χ2v) is 7.05. The van der Waals surface area contributed by atoms with Crippen molar-refractivity contribution in [3.05, 3.63) is 57.6 Å². The molecule has 1 amide bonds. The molecule has 0 saturated heterocycles. The summed E-state index contributed by atoms with van der Waals surface area (Å²) in [5, 5.41) is 0.414. The number of amides is 1. The number of nitrogens with zero attached hydrogens (tertiary/aromatic N) is 2. The van der Waals surface area contributed by atoms with Crippen LogP contribution in [0, 0.1) is 5.82 Å². The molecule has 0 spiro atoms. The summed E-state index contributed by atoms with van der Waals surface area (Å²) in [4.78, 5) is 17.5. The Hall–Kier alpha value is -2.22. The highest BCUT2D eigenvalue weighted by Crippen LogP contribution is 2.24. The highest BCUT2D eigenvalue weighted by molar-refractivity contribution is 7.16. The van der Waals surface area contributed by atoms with Crippen molar-refractivity contribution in [2.24, 2.45) is 4.99 Å². The van der Waals surface area contributed by atoms with Gasteiger partial charge in [0, 0.05) is 18.2 Å². The first kappa shape index (κ1) is 19.5. The van der Waals surface area contributed by atoms with Gasteiger partial charge >= 0.3 is 0 Å². The molecule has 0 saturated carbocycles.